The van der Waals surface area contributed by atoms with Crippen LogP contribution in [0.5, 0.6) is 0 Å². The second-order valence-electron chi connectivity index (χ2n) is 6.06. The van der Waals surface area contributed by atoms with Gasteiger partial charge in [0, 0.05) is 30.1 Å². The summed E-state index contributed by atoms with van der Waals surface area (Å²) in [5.41, 5.74) is 2.18. The Morgan fingerprint density at radius 3 is 2.57 bits per heavy atom. The maximum absolute atomic E-state index is 13.2. The van der Waals surface area contributed by atoms with Gasteiger partial charge in [0.15, 0.2) is 6.23 Å². The highest BCUT2D eigenvalue weighted by atomic mass is 19.1. The maximum Gasteiger partial charge on any atom is 0.256 e. The first kappa shape index (κ1) is 14.4. The van der Waals surface area contributed by atoms with Crippen LogP contribution in [0.4, 0.5) is 4.39 Å². The molecule has 1 fully saturated rings. The van der Waals surface area contributed by atoms with Gasteiger partial charge in [-0.2, -0.15) is 0 Å². The minimum atomic E-state index is -0.924. The zero-order valence-corrected chi connectivity index (χ0v) is 12.4. The first-order valence-electron chi connectivity index (χ1n) is 7.72. The normalized spacial score (nSPS) is 26.6. The number of aliphatic hydroxyl groups excluding tert-OH is 1. The Kier molecular flexibility index (Phi) is 3.39. The number of nitrogens with zero attached hydrogens (tertiary/aromatic N) is 1. The third-order valence-corrected chi connectivity index (χ3v) is 4.81. The molecule has 2 heterocycles. The van der Waals surface area contributed by atoms with Crippen molar-refractivity contribution in [1.82, 2.24) is 10.2 Å². The molecule has 2 N–H and O–H groups in total. The summed E-state index contributed by atoms with van der Waals surface area (Å²) in [6.07, 6.45) is -0.924. The van der Waals surface area contributed by atoms with E-state index in [0.717, 1.165) is 5.56 Å². The molecule has 118 valence electrons. The Balaban J connectivity index is 1.67. The van der Waals surface area contributed by atoms with Gasteiger partial charge in [0.05, 0.1) is 6.04 Å². The van der Waals surface area contributed by atoms with Gasteiger partial charge < -0.3 is 15.3 Å². The van der Waals surface area contributed by atoms with Crippen LogP contribution >= 0.6 is 0 Å². The van der Waals surface area contributed by atoms with E-state index in [2.05, 4.69) is 5.32 Å². The van der Waals surface area contributed by atoms with Gasteiger partial charge >= 0.3 is 0 Å². The molecular weight excluding hydrogens is 295 g/mol. The molecule has 3 atom stereocenters. The van der Waals surface area contributed by atoms with Crippen molar-refractivity contribution in [2.24, 2.45) is 0 Å². The van der Waals surface area contributed by atoms with E-state index < -0.39 is 6.23 Å². The summed E-state index contributed by atoms with van der Waals surface area (Å²) in [6.45, 7) is 1.31. The van der Waals surface area contributed by atoms with Crippen molar-refractivity contribution in [3.63, 3.8) is 0 Å². The number of nitrogens with one attached hydrogen (secondary N) is 1. The topological polar surface area (TPSA) is 52.6 Å². The summed E-state index contributed by atoms with van der Waals surface area (Å²) in [6, 6.07) is 13.4. The van der Waals surface area contributed by atoms with Gasteiger partial charge in [-0.15, -0.1) is 0 Å². The van der Waals surface area contributed by atoms with Crippen LogP contribution in [0, 0.1) is 5.82 Å². The number of hydrogen-bond donors (Lipinski definition) is 2. The summed E-state index contributed by atoms with van der Waals surface area (Å²) in [4.78, 5) is 14.3. The molecule has 5 heteroatoms. The SMILES string of the molecule is O=C1c2ccccc2C(O)N1[C@@H]1CNC[C@H]1c1ccc(F)cc1. The highest BCUT2D eigenvalue weighted by molar-refractivity contribution is 5.99. The lowest BCUT2D eigenvalue weighted by molar-refractivity contribution is -0.00256. The number of carbonyl (C=O) groups excluding carboxylic acids is 1. The van der Waals surface area contributed by atoms with Gasteiger partial charge in [-0.3, -0.25) is 4.79 Å². The molecule has 0 bridgehead atoms. The number of carbonyl (C=O) groups is 1. The molecule has 23 heavy (non-hydrogen) atoms. The van der Waals surface area contributed by atoms with Gasteiger partial charge in [-0.05, 0) is 23.8 Å². The van der Waals surface area contributed by atoms with E-state index in [9.17, 15) is 14.3 Å². The fraction of sp³-hybridized carbons (Fsp3) is 0.278. The summed E-state index contributed by atoms with van der Waals surface area (Å²) in [5, 5.41) is 13.9. The number of benzene rings is 2. The molecule has 1 unspecified atom stereocenters. The third kappa shape index (κ3) is 2.24. The molecule has 0 radical (unpaired) electrons. The Hall–Kier alpha value is -2.24. The standard InChI is InChI=1S/C18H17FN2O2/c19-12-7-5-11(6-8-12)15-9-20-10-16(15)21-17(22)13-3-1-2-4-14(13)18(21)23/h1-8,15-17,20,22H,9-10H2/t15-,16+,17?/m0/s1. The molecular formula is C18H17FN2O2. The van der Waals surface area contributed by atoms with Gasteiger partial charge in [-0.1, -0.05) is 30.3 Å². The van der Waals surface area contributed by atoms with Crippen LogP contribution in [0.25, 0.3) is 0 Å². The molecule has 1 saturated heterocycles. The predicted octanol–water partition coefficient (Wildman–Crippen LogP) is 2.03. The quantitative estimate of drug-likeness (QED) is 0.892. The molecule has 2 aromatic rings. The number of fused-ring (bicyclic) bond motifs is 1. The lowest BCUT2D eigenvalue weighted by Crippen LogP contribution is -2.42. The summed E-state index contributed by atoms with van der Waals surface area (Å²) < 4.78 is 13.2. The van der Waals surface area contributed by atoms with Crippen LogP contribution in [0.2, 0.25) is 0 Å². The molecule has 0 aromatic heterocycles. The highest BCUT2D eigenvalue weighted by Crippen LogP contribution is 2.38. The second kappa shape index (κ2) is 5.44. The van der Waals surface area contributed by atoms with Crippen molar-refractivity contribution < 1.29 is 14.3 Å². The molecule has 1 amide bonds. The van der Waals surface area contributed by atoms with Crippen LogP contribution in [0.1, 0.15) is 33.6 Å². The van der Waals surface area contributed by atoms with Crippen LogP contribution in [-0.2, 0) is 0 Å². The summed E-state index contributed by atoms with van der Waals surface area (Å²) >= 11 is 0. The third-order valence-electron chi connectivity index (χ3n) is 4.81. The monoisotopic (exact) mass is 312 g/mol. The molecule has 2 aromatic carbocycles. The van der Waals surface area contributed by atoms with E-state index in [1.54, 1.807) is 35.2 Å². The number of halogens is 1. The fourth-order valence-electron chi connectivity index (χ4n) is 3.66. The highest BCUT2D eigenvalue weighted by Gasteiger charge is 2.44. The lowest BCUT2D eigenvalue weighted by atomic mass is 9.93. The molecule has 4 nitrogen and oxygen atoms in total. The van der Waals surface area contributed by atoms with Gasteiger partial charge in [0.25, 0.3) is 5.91 Å². The largest absolute Gasteiger partial charge is 0.369 e. The lowest BCUT2D eigenvalue weighted by Gasteiger charge is -2.31. The van der Waals surface area contributed by atoms with Crippen LogP contribution in [0.3, 0.4) is 0 Å². The first-order valence-corrected chi connectivity index (χ1v) is 7.72. The van der Waals surface area contributed by atoms with Gasteiger partial charge in [0.1, 0.15) is 5.82 Å². The van der Waals surface area contributed by atoms with Crippen molar-refractivity contribution in [2.75, 3.05) is 13.1 Å². The minimum Gasteiger partial charge on any atom is -0.369 e. The minimum absolute atomic E-state index is 0.0310. The number of rotatable bonds is 2. The Labute approximate surface area is 133 Å². The van der Waals surface area contributed by atoms with Crippen molar-refractivity contribution in [1.29, 1.82) is 0 Å². The van der Waals surface area contributed by atoms with E-state index >= 15 is 0 Å². The second-order valence-corrected chi connectivity index (χ2v) is 6.06. The fourth-order valence-corrected chi connectivity index (χ4v) is 3.66. The maximum atomic E-state index is 13.2. The molecule has 0 spiro atoms. The van der Waals surface area contributed by atoms with Crippen molar-refractivity contribution >= 4 is 5.91 Å². The zero-order valence-electron chi connectivity index (χ0n) is 12.4. The van der Waals surface area contributed by atoms with Crippen molar-refractivity contribution in [3.05, 3.63) is 71.0 Å². The number of amides is 1. The average molecular weight is 312 g/mol. The van der Waals surface area contributed by atoms with Crippen LogP contribution in [-0.4, -0.2) is 35.0 Å². The summed E-state index contributed by atoms with van der Waals surface area (Å²) in [5.74, 6) is -0.390. The van der Waals surface area contributed by atoms with Gasteiger partial charge in [0.2, 0.25) is 0 Å². The van der Waals surface area contributed by atoms with Crippen molar-refractivity contribution in [2.45, 2.75) is 18.2 Å². The Morgan fingerprint density at radius 1 is 1.09 bits per heavy atom. The van der Waals surface area contributed by atoms with E-state index in [-0.39, 0.29) is 23.7 Å². The Morgan fingerprint density at radius 2 is 1.83 bits per heavy atom. The van der Waals surface area contributed by atoms with Crippen LogP contribution < -0.4 is 5.32 Å². The van der Waals surface area contributed by atoms with E-state index in [4.69, 9.17) is 0 Å². The molecule has 4 rings (SSSR count). The number of hydrogen-bond acceptors (Lipinski definition) is 3. The predicted molar refractivity (Wildman–Crippen MR) is 83.4 cm³/mol. The molecule has 0 saturated carbocycles. The summed E-state index contributed by atoms with van der Waals surface area (Å²) in [7, 11) is 0. The Bertz CT molecular complexity index is 747. The van der Waals surface area contributed by atoms with E-state index in [0.29, 0.717) is 24.2 Å². The average Bonchev–Trinajstić information content (AvgIpc) is 3.13. The van der Waals surface area contributed by atoms with E-state index in [1.807, 2.05) is 6.07 Å². The first-order chi connectivity index (χ1) is 11.2. The van der Waals surface area contributed by atoms with E-state index in [1.165, 1.54) is 12.1 Å². The molecule has 2 aliphatic heterocycles. The van der Waals surface area contributed by atoms with Crippen molar-refractivity contribution in [3.8, 4) is 0 Å². The van der Waals surface area contributed by atoms with Gasteiger partial charge in [-0.25, -0.2) is 4.39 Å². The molecule has 2 aliphatic rings. The smallest absolute Gasteiger partial charge is 0.256 e. The zero-order chi connectivity index (χ0) is 16.0. The number of aliphatic hydroxyl groups is 1. The van der Waals surface area contributed by atoms with Crippen LogP contribution in [0.15, 0.2) is 48.5 Å². The molecule has 0 aliphatic carbocycles.